The van der Waals surface area contributed by atoms with Crippen LogP contribution in [0, 0.1) is 5.82 Å². The summed E-state index contributed by atoms with van der Waals surface area (Å²) in [5, 5.41) is 12.3. The molecule has 1 aliphatic rings. The molecule has 9 nitrogen and oxygen atoms in total. The van der Waals surface area contributed by atoms with Gasteiger partial charge in [0.15, 0.2) is 5.82 Å². The van der Waals surface area contributed by atoms with Crippen molar-refractivity contribution >= 4 is 28.7 Å². The highest BCUT2D eigenvalue weighted by Gasteiger charge is 2.31. The molecule has 3 heterocycles. The number of nitrogens with zero attached hydrogens (tertiary/aromatic N) is 4. The highest BCUT2D eigenvalue weighted by molar-refractivity contribution is 6.00. The summed E-state index contributed by atoms with van der Waals surface area (Å²) in [6.07, 6.45) is -3.26. The van der Waals surface area contributed by atoms with Crippen molar-refractivity contribution in [2.75, 3.05) is 42.5 Å². The van der Waals surface area contributed by atoms with Gasteiger partial charge >= 0.3 is 12.2 Å². The molecule has 4 aromatic rings. The van der Waals surface area contributed by atoms with E-state index in [1.165, 1.54) is 6.33 Å². The Hall–Kier alpha value is -4.23. The Morgan fingerprint density at radius 3 is 2.50 bits per heavy atom. The Morgan fingerprint density at radius 2 is 1.79 bits per heavy atom. The number of anilines is 3. The number of carbonyl (C=O) groups is 1. The predicted molar refractivity (Wildman–Crippen MR) is 135 cm³/mol. The van der Waals surface area contributed by atoms with Crippen molar-refractivity contribution in [3.63, 3.8) is 0 Å². The zero-order valence-electron chi connectivity index (χ0n) is 20.0. The van der Waals surface area contributed by atoms with Gasteiger partial charge in [-0.1, -0.05) is 12.1 Å². The maximum Gasteiger partial charge on any atom is 0.416 e. The van der Waals surface area contributed by atoms with E-state index < -0.39 is 29.3 Å². The van der Waals surface area contributed by atoms with E-state index in [0.29, 0.717) is 41.8 Å². The second-order valence-corrected chi connectivity index (χ2v) is 8.83. The fourth-order valence-corrected chi connectivity index (χ4v) is 4.38. The summed E-state index contributed by atoms with van der Waals surface area (Å²) in [5.74, 6) is -0.660. The maximum atomic E-state index is 14.0. The minimum atomic E-state index is -4.67. The van der Waals surface area contributed by atoms with Crippen molar-refractivity contribution in [2.45, 2.75) is 12.7 Å². The molecule has 13 heteroatoms. The van der Waals surface area contributed by atoms with Crippen LogP contribution >= 0.6 is 0 Å². The van der Waals surface area contributed by atoms with E-state index in [9.17, 15) is 22.4 Å². The molecule has 0 bridgehead atoms. The fourth-order valence-electron chi connectivity index (χ4n) is 4.38. The number of carbonyl (C=O) groups excluding carboxylic acids is 1. The van der Waals surface area contributed by atoms with E-state index in [2.05, 4.69) is 30.9 Å². The van der Waals surface area contributed by atoms with Gasteiger partial charge in [-0.25, -0.2) is 18.7 Å². The molecule has 1 aliphatic heterocycles. The zero-order valence-corrected chi connectivity index (χ0v) is 20.0. The minimum Gasteiger partial charge on any atom is -0.382 e. The molecule has 198 valence electrons. The van der Waals surface area contributed by atoms with Crippen LogP contribution in [0.25, 0.3) is 16.6 Å². The number of benzene rings is 2. The van der Waals surface area contributed by atoms with Crippen molar-refractivity contribution in [2.24, 2.45) is 0 Å². The molecular weight excluding hydrogens is 504 g/mol. The Kier molecular flexibility index (Phi) is 6.87. The van der Waals surface area contributed by atoms with Gasteiger partial charge in [-0.2, -0.15) is 18.3 Å². The lowest BCUT2D eigenvalue weighted by atomic mass is 10.1. The second-order valence-electron chi connectivity index (χ2n) is 8.83. The number of amides is 2. The van der Waals surface area contributed by atoms with Crippen LogP contribution < -0.4 is 21.7 Å². The summed E-state index contributed by atoms with van der Waals surface area (Å²) >= 11 is 0. The topological polar surface area (TPSA) is 113 Å². The summed E-state index contributed by atoms with van der Waals surface area (Å²) < 4.78 is 54.5. The van der Waals surface area contributed by atoms with E-state index in [1.807, 2.05) is 6.07 Å². The Morgan fingerprint density at radius 1 is 1.05 bits per heavy atom. The molecule has 5 rings (SSSR count). The van der Waals surface area contributed by atoms with Crippen molar-refractivity contribution in [1.29, 1.82) is 0 Å². The molecule has 1 saturated heterocycles. The quantitative estimate of drug-likeness (QED) is 0.289. The molecule has 0 radical (unpaired) electrons. The summed E-state index contributed by atoms with van der Waals surface area (Å²) in [4.78, 5) is 18.8. The molecule has 0 aliphatic carbocycles. The molecular formula is C25H24F4N8O. The summed E-state index contributed by atoms with van der Waals surface area (Å²) in [7, 11) is 0. The van der Waals surface area contributed by atoms with Crippen molar-refractivity contribution in [1.82, 2.24) is 24.8 Å². The molecule has 5 N–H and O–H groups in total. The van der Waals surface area contributed by atoms with E-state index in [1.54, 1.807) is 28.8 Å². The van der Waals surface area contributed by atoms with Crippen LogP contribution in [0.2, 0.25) is 0 Å². The number of rotatable bonds is 5. The van der Waals surface area contributed by atoms with Crippen LogP contribution in [0.1, 0.15) is 11.3 Å². The average Bonchev–Trinajstić information content (AvgIpc) is 3.25. The lowest BCUT2D eigenvalue weighted by Gasteiger charge is -2.26. The Labute approximate surface area is 214 Å². The third-order valence-electron chi connectivity index (χ3n) is 6.25. The molecule has 0 atom stereocenters. The first-order chi connectivity index (χ1) is 18.2. The van der Waals surface area contributed by atoms with Gasteiger partial charge in [-0.3, -0.25) is 4.90 Å². The standard InChI is InChI=1S/C25H24F4N8O/c26-20-6-3-16(25(27,28)29)11-21(20)35-24(38)34-17-4-1-15(2-5-17)19-12-18(13-36-9-7-31-8-10-36)37-22(19)23(30)32-14-33-37/h1-6,11-12,14,31H,7-10,13H2,(H2,30,32,33)(H2,34,35,38). The molecule has 2 amide bonds. The lowest BCUT2D eigenvalue weighted by molar-refractivity contribution is -0.137. The van der Waals surface area contributed by atoms with E-state index >= 15 is 0 Å². The van der Waals surface area contributed by atoms with Gasteiger partial charge < -0.3 is 21.7 Å². The number of alkyl halides is 3. The molecule has 2 aromatic heterocycles. The van der Waals surface area contributed by atoms with Crippen LogP contribution in [0.5, 0.6) is 0 Å². The zero-order chi connectivity index (χ0) is 26.9. The first-order valence-electron chi connectivity index (χ1n) is 11.8. The summed E-state index contributed by atoms with van der Waals surface area (Å²) in [6.45, 7) is 4.34. The molecule has 1 fully saturated rings. The first-order valence-corrected chi connectivity index (χ1v) is 11.8. The van der Waals surface area contributed by atoms with E-state index in [-0.39, 0.29) is 0 Å². The number of urea groups is 1. The first kappa shape index (κ1) is 25.4. The monoisotopic (exact) mass is 528 g/mol. The summed E-state index contributed by atoms with van der Waals surface area (Å²) in [6, 6.07) is 9.69. The van der Waals surface area contributed by atoms with Gasteiger partial charge in [0.25, 0.3) is 0 Å². The van der Waals surface area contributed by atoms with Gasteiger partial charge in [-0.05, 0) is 42.0 Å². The molecule has 0 unspecified atom stereocenters. The predicted octanol–water partition coefficient (Wildman–Crippen LogP) is 4.19. The average molecular weight is 529 g/mol. The van der Waals surface area contributed by atoms with Gasteiger partial charge in [0.1, 0.15) is 17.7 Å². The number of aromatic nitrogens is 3. The van der Waals surface area contributed by atoms with E-state index in [4.69, 9.17) is 5.73 Å². The highest BCUT2D eigenvalue weighted by atomic mass is 19.4. The van der Waals surface area contributed by atoms with Gasteiger partial charge in [0, 0.05) is 44.0 Å². The fraction of sp³-hybridized carbons (Fsp3) is 0.240. The smallest absolute Gasteiger partial charge is 0.382 e. The van der Waals surface area contributed by atoms with Crippen LogP contribution in [-0.2, 0) is 12.7 Å². The number of fused-ring (bicyclic) bond motifs is 1. The number of piperazine rings is 1. The second kappa shape index (κ2) is 10.3. The number of nitrogens with one attached hydrogen (secondary N) is 3. The third-order valence-corrected chi connectivity index (χ3v) is 6.25. The van der Waals surface area contributed by atoms with Crippen LogP contribution in [0.3, 0.4) is 0 Å². The molecule has 38 heavy (non-hydrogen) atoms. The molecule has 2 aromatic carbocycles. The Bertz CT molecular complexity index is 1460. The number of hydrogen-bond acceptors (Lipinski definition) is 6. The van der Waals surface area contributed by atoms with Crippen LogP contribution in [-0.4, -0.2) is 51.7 Å². The maximum absolute atomic E-state index is 14.0. The lowest BCUT2D eigenvalue weighted by Crippen LogP contribution is -2.43. The SMILES string of the molecule is Nc1ncnn2c(CN3CCNCC3)cc(-c3ccc(NC(=O)Nc4cc(C(F)(F)F)ccc4F)cc3)c12. The normalized spacial score (nSPS) is 14.5. The van der Waals surface area contributed by atoms with E-state index in [0.717, 1.165) is 43.0 Å². The Balaban J connectivity index is 1.34. The largest absolute Gasteiger partial charge is 0.416 e. The van der Waals surface area contributed by atoms with Crippen molar-refractivity contribution in [3.05, 3.63) is 71.9 Å². The summed E-state index contributed by atoms with van der Waals surface area (Å²) in [5.41, 5.74) is 8.13. The molecule has 0 saturated carbocycles. The number of nitrogens with two attached hydrogens (primary N) is 1. The van der Waals surface area contributed by atoms with Gasteiger partial charge in [0.2, 0.25) is 0 Å². The minimum absolute atomic E-state index is 0.325. The number of nitrogen functional groups attached to an aromatic ring is 1. The van der Waals surface area contributed by atoms with Crippen molar-refractivity contribution < 1.29 is 22.4 Å². The highest BCUT2D eigenvalue weighted by Crippen LogP contribution is 2.33. The van der Waals surface area contributed by atoms with Gasteiger partial charge in [0.05, 0.1) is 16.9 Å². The van der Waals surface area contributed by atoms with Gasteiger partial charge in [-0.15, -0.1) is 0 Å². The third kappa shape index (κ3) is 5.38. The van der Waals surface area contributed by atoms with Crippen molar-refractivity contribution in [3.8, 4) is 11.1 Å². The number of hydrogen-bond donors (Lipinski definition) is 4. The number of halogens is 4. The van der Waals surface area contributed by atoms with Crippen LogP contribution in [0.4, 0.5) is 39.5 Å². The molecule has 0 spiro atoms. The van der Waals surface area contributed by atoms with Crippen LogP contribution in [0.15, 0.2) is 54.9 Å².